The molecule has 1 amide bonds. The minimum atomic E-state index is -1.24. The van der Waals surface area contributed by atoms with Crippen molar-refractivity contribution in [2.24, 2.45) is 0 Å². The molecule has 23 heavy (non-hydrogen) atoms. The van der Waals surface area contributed by atoms with E-state index in [1.54, 1.807) is 41.5 Å². The molecule has 9 heteroatoms. The second-order valence-electron chi connectivity index (χ2n) is 6.55. The van der Waals surface area contributed by atoms with Crippen LogP contribution in [0.4, 0.5) is 9.59 Å². The molecule has 0 spiro atoms. The molecule has 1 N–H and O–H groups in total. The molecule has 0 aromatic carbocycles. The van der Waals surface area contributed by atoms with Crippen molar-refractivity contribution in [1.82, 2.24) is 5.32 Å². The summed E-state index contributed by atoms with van der Waals surface area (Å²) < 4.78 is 19.3. The Morgan fingerprint density at radius 2 is 1.48 bits per heavy atom. The lowest BCUT2D eigenvalue weighted by Crippen LogP contribution is -2.48. The number of carbonyl (C=O) groups excluding carboxylic acids is 3. The summed E-state index contributed by atoms with van der Waals surface area (Å²) in [5, 5.41) is 2.29. The third-order valence-corrected chi connectivity index (χ3v) is 2.03. The number of rotatable bonds is 5. The van der Waals surface area contributed by atoms with E-state index in [9.17, 15) is 14.4 Å². The second-order valence-corrected chi connectivity index (χ2v) is 6.76. The normalized spacial score (nSPS) is 12.8. The zero-order valence-corrected chi connectivity index (χ0v) is 15.0. The van der Waals surface area contributed by atoms with Crippen LogP contribution in [0.3, 0.4) is 0 Å². The van der Waals surface area contributed by atoms with Gasteiger partial charge in [-0.3, -0.25) is 0 Å². The topological polar surface area (TPSA) is 100 Å². The second kappa shape index (κ2) is 8.81. The van der Waals surface area contributed by atoms with Crippen molar-refractivity contribution in [3.63, 3.8) is 0 Å². The van der Waals surface area contributed by atoms with Crippen molar-refractivity contribution >= 4 is 29.8 Å². The van der Waals surface area contributed by atoms with Gasteiger partial charge < -0.3 is 24.3 Å². The summed E-state index contributed by atoms with van der Waals surface area (Å²) in [5.41, 5.74) is -1.53. The first-order valence-corrected chi connectivity index (χ1v) is 7.45. The number of hydrogen-bond donors (Lipinski definition) is 1. The van der Waals surface area contributed by atoms with E-state index < -0.39 is 48.1 Å². The van der Waals surface area contributed by atoms with Crippen LogP contribution in [0.2, 0.25) is 0 Å². The monoisotopic (exact) mass is 353 g/mol. The van der Waals surface area contributed by atoms with Crippen molar-refractivity contribution < 1.29 is 33.3 Å². The highest BCUT2D eigenvalue weighted by Gasteiger charge is 2.30. The van der Waals surface area contributed by atoms with Crippen LogP contribution in [0.1, 0.15) is 41.5 Å². The molecule has 0 aromatic rings. The van der Waals surface area contributed by atoms with Crippen molar-refractivity contribution in [2.75, 3.05) is 12.7 Å². The Balaban J connectivity index is 4.82. The van der Waals surface area contributed by atoms with Gasteiger partial charge in [-0.1, -0.05) is 11.6 Å². The molecule has 0 aliphatic carbocycles. The highest BCUT2D eigenvalue weighted by atomic mass is 35.5. The molecule has 0 rings (SSSR count). The Labute approximate surface area is 140 Å². The zero-order chi connectivity index (χ0) is 18.3. The van der Waals surface area contributed by atoms with Crippen molar-refractivity contribution in [2.45, 2.75) is 58.8 Å². The van der Waals surface area contributed by atoms with Gasteiger partial charge in [0, 0.05) is 0 Å². The highest BCUT2D eigenvalue weighted by molar-refractivity contribution is 6.17. The summed E-state index contributed by atoms with van der Waals surface area (Å²) in [6.45, 7) is 9.52. The first-order valence-electron chi connectivity index (χ1n) is 6.92. The van der Waals surface area contributed by atoms with Crippen LogP contribution in [0.15, 0.2) is 0 Å². The molecule has 0 heterocycles. The number of esters is 1. The van der Waals surface area contributed by atoms with Crippen LogP contribution >= 0.6 is 11.6 Å². The molecule has 0 fully saturated rings. The zero-order valence-electron chi connectivity index (χ0n) is 14.2. The van der Waals surface area contributed by atoms with Crippen LogP contribution in [-0.4, -0.2) is 48.1 Å². The highest BCUT2D eigenvalue weighted by Crippen LogP contribution is 2.10. The van der Waals surface area contributed by atoms with Gasteiger partial charge in [0.2, 0.25) is 0 Å². The van der Waals surface area contributed by atoms with Crippen LogP contribution in [-0.2, 0) is 23.7 Å². The molecular formula is C14H24ClNO7. The predicted molar refractivity (Wildman–Crippen MR) is 82.2 cm³/mol. The smallest absolute Gasteiger partial charge is 0.458 e. The number of halogens is 1. The number of alkyl halides is 1. The minimum absolute atomic E-state index is 0.393. The fourth-order valence-electron chi connectivity index (χ4n) is 1.23. The molecule has 0 radical (unpaired) electrons. The van der Waals surface area contributed by atoms with E-state index in [2.05, 4.69) is 10.1 Å². The Hall–Kier alpha value is -1.70. The lowest BCUT2D eigenvalue weighted by Gasteiger charge is -2.25. The van der Waals surface area contributed by atoms with E-state index in [-0.39, 0.29) is 0 Å². The van der Waals surface area contributed by atoms with Crippen molar-refractivity contribution in [1.29, 1.82) is 0 Å². The van der Waals surface area contributed by atoms with E-state index in [1.807, 2.05) is 0 Å². The van der Waals surface area contributed by atoms with Crippen LogP contribution in [0.25, 0.3) is 0 Å². The van der Waals surface area contributed by atoms with E-state index in [4.69, 9.17) is 25.8 Å². The number of alkyl carbamates (subject to hydrolysis) is 1. The van der Waals surface area contributed by atoms with Gasteiger partial charge in [0.1, 0.15) is 17.8 Å². The van der Waals surface area contributed by atoms with Gasteiger partial charge in [0.15, 0.2) is 12.1 Å². The number of hydrogen-bond acceptors (Lipinski definition) is 7. The maximum absolute atomic E-state index is 12.1. The van der Waals surface area contributed by atoms with Gasteiger partial charge in [0.25, 0.3) is 0 Å². The fourth-order valence-corrected chi connectivity index (χ4v) is 1.32. The summed E-state index contributed by atoms with van der Waals surface area (Å²) in [6, 6.07) is -1.64. The summed E-state index contributed by atoms with van der Waals surface area (Å²) in [7, 11) is 0. The fraction of sp³-hybridized carbons (Fsp3) is 0.786. The SMILES string of the molecule is CC(C)(C)OC(=O)N[C@@H](COC(=O)OCCl)C(=O)OC(C)(C)C. The van der Waals surface area contributed by atoms with Crippen LogP contribution < -0.4 is 5.32 Å². The first kappa shape index (κ1) is 21.3. The Morgan fingerprint density at radius 3 is 1.91 bits per heavy atom. The molecule has 0 bridgehead atoms. The van der Waals surface area contributed by atoms with Gasteiger partial charge in [-0.25, -0.2) is 14.4 Å². The summed E-state index contributed by atoms with van der Waals surface area (Å²) in [6.07, 6.45) is -1.91. The Morgan fingerprint density at radius 1 is 0.957 bits per heavy atom. The van der Waals surface area contributed by atoms with Gasteiger partial charge in [0.05, 0.1) is 0 Å². The molecular weight excluding hydrogens is 330 g/mol. The van der Waals surface area contributed by atoms with Gasteiger partial charge >= 0.3 is 18.2 Å². The average molecular weight is 354 g/mol. The first-order chi connectivity index (χ1) is 10.3. The number of amides is 1. The molecule has 0 unspecified atom stereocenters. The van der Waals surface area contributed by atoms with E-state index in [1.165, 1.54) is 0 Å². The minimum Gasteiger partial charge on any atom is -0.458 e. The third-order valence-electron chi connectivity index (χ3n) is 1.92. The number of nitrogens with one attached hydrogen (secondary N) is 1. The summed E-state index contributed by atoms with van der Waals surface area (Å²) in [5.74, 6) is -0.776. The molecule has 1 atom stereocenters. The largest absolute Gasteiger partial charge is 0.509 e. The molecule has 0 aliphatic heterocycles. The van der Waals surface area contributed by atoms with Gasteiger partial charge in [-0.2, -0.15) is 0 Å². The molecule has 0 saturated carbocycles. The van der Waals surface area contributed by atoms with Crippen molar-refractivity contribution in [3.05, 3.63) is 0 Å². The van der Waals surface area contributed by atoms with Crippen LogP contribution in [0, 0.1) is 0 Å². The maximum Gasteiger partial charge on any atom is 0.509 e. The lowest BCUT2D eigenvalue weighted by atomic mass is 10.2. The lowest BCUT2D eigenvalue weighted by molar-refractivity contribution is -0.158. The number of carbonyl (C=O) groups is 3. The standard InChI is InChI=1S/C14H24ClNO7/c1-13(2,3)22-10(17)9(7-20-12(19)21-8-15)16-11(18)23-14(4,5)6/h9H,7-8H2,1-6H3,(H,16,18)/t9-/m0/s1. The number of ether oxygens (including phenoxy) is 4. The molecule has 134 valence electrons. The van der Waals surface area contributed by atoms with Crippen LogP contribution in [0.5, 0.6) is 0 Å². The summed E-state index contributed by atoms with van der Waals surface area (Å²) >= 11 is 5.21. The molecule has 0 aromatic heterocycles. The summed E-state index contributed by atoms with van der Waals surface area (Å²) in [4.78, 5) is 35.0. The van der Waals surface area contributed by atoms with E-state index in [0.29, 0.717) is 0 Å². The van der Waals surface area contributed by atoms with E-state index >= 15 is 0 Å². The quantitative estimate of drug-likeness (QED) is 0.460. The Kier molecular flexibility index (Phi) is 8.16. The van der Waals surface area contributed by atoms with Gasteiger partial charge in [-0.05, 0) is 41.5 Å². The van der Waals surface area contributed by atoms with E-state index in [0.717, 1.165) is 0 Å². The van der Waals surface area contributed by atoms with Gasteiger partial charge in [-0.15, -0.1) is 0 Å². The average Bonchev–Trinajstić information content (AvgIpc) is 2.30. The molecule has 8 nitrogen and oxygen atoms in total. The van der Waals surface area contributed by atoms with Crippen molar-refractivity contribution in [3.8, 4) is 0 Å². The predicted octanol–water partition coefficient (Wildman–Crippen LogP) is 2.57. The Bertz CT molecular complexity index is 426. The maximum atomic E-state index is 12.1. The third kappa shape index (κ3) is 11.5. The molecule has 0 aliphatic rings. The molecule has 0 saturated heterocycles.